The maximum atomic E-state index is 6.05. The Morgan fingerprint density at radius 1 is 1.44 bits per heavy atom. The summed E-state index contributed by atoms with van der Waals surface area (Å²) in [7, 11) is 0. The number of anilines is 1. The van der Waals surface area contributed by atoms with Gasteiger partial charge in [0.2, 0.25) is 0 Å². The van der Waals surface area contributed by atoms with Crippen molar-refractivity contribution < 1.29 is 0 Å². The van der Waals surface area contributed by atoms with Gasteiger partial charge in [0.05, 0.1) is 0 Å². The van der Waals surface area contributed by atoms with Gasteiger partial charge in [-0.25, -0.2) is 4.98 Å². The number of rotatable bonds is 1. The van der Waals surface area contributed by atoms with Crippen LogP contribution < -0.4 is 11.5 Å². The molecule has 1 aromatic heterocycles. The number of nitrogen functional groups attached to an aromatic ring is 1. The molecule has 0 amide bonds. The van der Waals surface area contributed by atoms with Crippen LogP contribution in [-0.4, -0.2) is 11.0 Å². The van der Waals surface area contributed by atoms with E-state index in [0.717, 1.165) is 18.4 Å². The summed E-state index contributed by atoms with van der Waals surface area (Å²) in [6.07, 6.45) is 5.87. The van der Waals surface area contributed by atoms with E-state index in [1.54, 1.807) is 6.20 Å². The van der Waals surface area contributed by atoms with Gasteiger partial charge in [-0.05, 0) is 36.0 Å². The summed E-state index contributed by atoms with van der Waals surface area (Å²) >= 11 is 0. The van der Waals surface area contributed by atoms with Crippen LogP contribution in [0, 0.1) is 5.41 Å². The third kappa shape index (κ3) is 2.25. The second-order valence-electron chi connectivity index (χ2n) is 5.34. The normalized spacial score (nSPS) is 23.9. The molecule has 3 nitrogen and oxygen atoms in total. The molecule has 0 spiro atoms. The Hall–Kier alpha value is -1.35. The average Bonchev–Trinajstić information content (AvgIpc) is 2.15. The summed E-state index contributed by atoms with van der Waals surface area (Å²) < 4.78 is 0. The van der Waals surface area contributed by atoms with Crippen LogP contribution in [0.15, 0.2) is 24.4 Å². The van der Waals surface area contributed by atoms with Crippen LogP contribution in [0.3, 0.4) is 0 Å². The third-order valence-electron chi connectivity index (χ3n) is 3.06. The molecule has 1 unspecified atom stereocenters. The van der Waals surface area contributed by atoms with E-state index in [4.69, 9.17) is 11.5 Å². The van der Waals surface area contributed by atoms with Crippen molar-refractivity contribution in [2.75, 3.05) is 5.73 Å². The summed E-state index contributed by atoms with van der Waals surface area (Å²) in [6.45, 7) is 4.48. The Morgan fingerprint density at radius 3 is 2.81 bits per heavy atom. The van der Waals surface area contributed by atoms with Gasteiger partial charge in [-0.3, -0.25) is 0 Å². The Morgan fingerprint density at radius 2 is 2.19 bits per heavy atom. The Bertz CT molecular complexity index is 421. The molecule has 16 heavy (non-hydrogen) atoms. The lowest BCUT2D eigenvalue weighted by atomic mass is 9.74. The molecule has 86 valence electrons. The highest BCUT2D eigenvalue weighted by atomic mass is 14.8. The number of hydrogen-bond donors (Lipinski definition) is 2. The molecule has 0 fully saturated rings. The molecule has 0 aliphatic heterocycles. The van der Waals surface area contributed by atoms with Crippen molar-refractivity contribution in [1.29, 1.82) is 0 Å². The number of pyridine rings is 1. The van der Waals surface area contributed by atoms with Crippen molar-refractivity contribution in [3.8, 4) is 0 Å². The van der Waals surface area contributed by atoms with Gasteiger partial charge in [0.15, 0.2) is 0 Å². The minimum atomic E-state index is 0.123. The van der Waals surface area contributed by atoms with Crippen LogP contribution in [-0.2, 0) is 0 Å². The standard InChI is InChI=1S/C13H19N3/c1-13(2)7-9(6-10(14)8-13)11-4-3-5-16-12(11)15/h3-6,10H,7-8,14H2,1-2H3,(H2,15,16). The monoisotopic (exact) mass is 217 g/mol. The molecule has 1 aliphatic rings. The van der Waals surface area contributed by atoms with Gasteiger partial charge in [-0.1, -0.05) is 19.9 Å². The Kier molecular flexibility index (Phi) is 2.72. The fourth-order valence-corrected chi connectivity index (χ4v) is 2.48. The highest BCUT2D eigenvalue weighted by Crippen LogP contribution is 2.39. The molecular formula is C13H19N3. The van der Waals surface area contributed by atoms with E-state index in [9.17, 15) is 0 Å². The first-order valence-electron chi connectivity index (χ1n) is 5.65. The molecular weight excluding hydrogens is 198 g/mol. The van der Waals surface area contributed by atoms with E-state index < -0.39 is 0 Å². The number of aromatic nitrogens is 1. The molecule has 0 saturated carbocycles. The van der Waals surface area contributed by atoms with Gasteiger partial charge in [0, 0.05) is 17.8 Å². The van der Waals surface area contributed by atoms with Crippen molar-refractivity contribution >= 4 is 11.4 Å². The topological polar surface area (TPSA) is 64.9 Å². The van der Waals surface area contributed by atoms with Crippen molar-refractivity contribution in [3.63, 3.8) is 0 Å². The number of hydrogen-bond acceptors (Lipinski definition) is 3. The first-order chi connectivity index (χ1) is 7.48. The smallest absolute Gasteiger partial charge is 0.130 e. The van der Waals surface area contributed by atoms with Crippen molar-refractivity contribution in [2.24, 2.45) is 11.1 Å². The first-order valence-corrected chi connectivity index (χ1v) is 5.65. The number of allylic oxidation sites excluding steroid dienone is 1. The number of nitrogens with zero attached hydrogens (tertiary/aromatic N) is 1. The Labute approximate surface area is 96.6 Å². The van der Waals surface area contributed by atoms with E-state index in [2.05, 4.69) is 24.9 Å². The number of nitrogens with two attached hydrogens (primary N) is 2. The highest BCUT2D eigenvalue weighted by Gasteiger charge is 2.28. The molecule has 2 rings (SSSR count). The molecule has 0 radical (unpaired) electrons. The van der Waals surface area contributed by atoms with E-state index >= 15 is 0 Å². The quantitative estimate of drug-likeness (QED) is 0.758. The minimum absolute atomic E-state index is 0.123. The molecule has 1 heterocycles. The SMILES string of the molecule is CC1(C)CC(c2cccnc2N)=CC(N)C1. The zero-order chi connectivity index (χ0) is 11.8. The molecule has 0 aromatic carbocycles. The summed E-state index contributed by atoms with van der Waals surface area (Å²) in [5.74, 6) is 0.596. The molecule has 1 atom stereocenters. The fourth-order valence-electron chi connectivity index (χ4n) is 2.48. The lowest BCUT2D eigenvalue weighted by Crippen LogP contribution is -2.30. The summed E-state index contributed by atoms with van der Waals surface area (Å²) in [4.78, 5) is 4.12. The fraction of sp³-hybridized carbons (Fsp3) is 0.462. The first kappa shape index (κ1) is 11.1. The van der Waals surface area contributed by atoms with Crippen LogP contribution in [0.5, 0.6) is 0 Å². The summed E-state index contributed by atoms with van der Waals surface area (Å²) in [5.41, 5.74) is 14.4. The average molecular weight is 217 g/mol. The third-order valence-corrected chi connectivity index (χ3v) is 3.06. The zero-order valence-electron chi connectivity index (χ0n) is 9.90. The second kappa shape index (κ2) is 3.91. The molecule has 1 aromatic rings. The summed E-state index contributed by atoms with van der Waals surface area (Å²) in [6, 6.07) is 4.06. The maximum Gasteiger partial charge on any atom is 0.130 e. The molecule has 1 aliphatic carbocycles. The van der Waals surface area contributed by atoms with E-state index in [1.807, 2.05) is 12.1 Å². The van der Waals surface area contributed by atoms with Gasteiger partial charge in [0.25, 0.3) is 0 Å². The lowest BCUT2D eigenvalue weighted by molar-refractivity contribution is 0.319. The van der Waals surface area contributed by atoms with E-state index in [1.165, 1.54) is 5.57 Å². The highest BCUT2D eigenvalue weighted by molar-refractivity contribution is 5.74. The van der Waals surface area contributed by atoms with Crippen LogP contribution in [0.4, 0.5) is 5.82 Å². The summed E-state index contributed by atoms with van der Waals surface area (Å²) in [5, 5.41) is 0. The maximum absolute atomic E-state index is 6.05. The van der Waals surface area contributed by atoms with Crippen LogP contribution in [0.25, 0.3) is 5.57 Å². The van der Waals surface area contributed by atoms with E-state index in [0.29, 0.717) is 5.82 Å². The minimum Gasteiger partial charge on any atom is -0.383 e. The van der Waals surface area contributed by atoms with Crippen LogP contribution in [0.1, 0.15) is 32.3 Å². The van der Waals surface area contributed by atoms with Gasteiger partial charge < -0.3 is 11.5 Å². The van der Waals surface area contributed by atoms with Crippen LogP contribution >= 0.6 is 0 Å². The lowest BCUT2D eigenvalue weighted by Gasteiger charge is -2.33. The van der Waals surface area contributed by atoms with Gasteiger partial charge >= 0.3 is 0 Å². The largest absolute Gasteiger partial charge is 0.383 e. The predicted octanol–water partition coefficient (Wildman–Crippen LogP) is 2.19. The van der Waals surface area contributed by atoms with Crippen molar-refractivity contribution in [3.05, 3.63) is 30.0 Å². The molecule has 0 saturated heterocycles. The van der Waals surface area contributed by atoms with Gasteiger partial charge in [-0.15, -0.1) is 0 Å². The zero-order valence-corrected chi connectivity index (χ0v) is 9.90. The molecule has 3 heteroatoms. The predicted molar refractivity (Wildman–Crippen MR) is 67.6 cm³/mol. The molecule has 4 N–H and O–H groups in total. The van der Waals surface area contributed by atoms with Crippen LogP contribution in [0.2, 0.25) is 0 Å². The van der Waals surface area contributed by atoms with Gasteiger partial charge in [-0.2, -0.15) is 0 Å². The van der Waals surface area contributed by atoms with Crippen molar-refractivity contribution in [2.45, 2.75) is 32.7 Å². The van der Waals surface area contributed by atoms with Crippen molar-refractivity contribution in [1.82, 2.24) is 4.98 Å². The van der Waals surface area contributed by atoms with Gasteiger partial charge in [0.1, 0.15) is 5.82 Å². The van der Waals surface area contributed by atoms with E-state index in [-0.39, 0.29) is 11.5 Å². The Balaban J connectivity index is 2.38. The molecule has 0 bridgehead atoms. The second-order valence-corrected chi connectivity index (χ2v) is 5.34.